The monoisotopic (exact) mass is 362 g/mol. The van der Waals surface area contributed by atoms with Crippen LogP contribution in [-0.2, 0) is 4.74 Å². The maximum atomic E-state index is 11.0. The van der Waals surface area contributed by atoms with Gasteiger partial charge >= 0.3 is 0 Å². The minimum Gasteiger partial charge on any atom is -0.381 e. The van der Waals surface area contributed by atoms with Crippen LogP contribution in [0.1, 0.15) is 12.8 Å². The Morgan fingerprint density at radius 1 is 1.56 bits per heavy atom. The molecule has 18 heavy (non-hydrogen) atoms. The molecule has 1 aromatic rings. The summed E-state index contributed by atoms with van der Waals surface area (Å²) in [5.74, 6) is 0.442. The van der Waals surface area contributed by atoms with E-state index in [0.717, 1.165) is 36.2 Å². The molecule has 1 heterocycles. The van der Waals surface area contributed by atoms with Gasteiger partial charge in [-0.3, -0.25) is 10.1 Å². The number of anilines is 1. The van der Waals surface area contributed by atoms with Crippen molar-refractivity contribution in [1.29, 1.82) is 0 Å². The Morgan fingerprint density at radius 3 is 3.06 bits per heavy atom. The minimum absolute atomic E-state index is 0.138. The van der Waals surface area contributed by atoms with Gasteiger partial charge in [0.1, 0.15) is 5.69 Å². The Bertz CT molecular complexity index is 433. The molecule has 1 fully saturated rings. The Hall–Kier alpha value is -0.890. The van der Waals surface area contributed by atoms with E-state index in [2.05, 4.69) is 27.9 Å². The molecule has 0 spiro atoms. The second-order valence-corrected chi connectivity index (χ2v) is 5.63. The molecule has 98 valence electrons. The number of nitrogens with zero attached hydrogens (tertiary/aromatic N) is 1. The lowest BCUT2D eigenvalue weighted by atomic mass is 10.0. The third-order valence-corrected chi connectivity index (χ3v) is 3.66. The smallest absolute Gasteiger partial charge is 0.293 e. The summed E-state index contributed by atoms with van der Waals surface area (Å²) in [4.78, 5) is 10.6. The number of hydrogen-bond donors (Lipinski definition) is 1. The van der Waals surface area contributed by atoms with E-state index < -0.39 is 0 Å². The van der Waals surface area contributed by atoms with Gasteiger partial charge in [-0.25, -0.2) is 0 Å². The molecule has 1 aliphatic heterocycles. The van der Waals surface area contributed by atoms with Crippen LogP contribution in [0.5, 0.6) is 0 Å². The third kappa shape index (κ3) is 3.55. The van der Waals surface area contributed by atoms with Crippen molar-refractivity contribution in [2.45, 2.75) is 12.8 Å². The topological polar surface area (TPSA) is 64.4 Å². The number of rotatable bonds is 4. The zero-order valence-electron chi connectivity index (χ0n) is 9.89. The van der Waals surface area contributed by atoms with Gasteiger partial charge in [0.05, 0.1) is 11.5 Å². The fraction of sp³-hybridized carbons (Fsp3) is 0.500. The number of hydrogen-bond acceptors (Lipinski definition) is 4. The predicted octanol–water partition coefficient (Wildman–Crippen LogP) is 3.04. The van der Waals surface area contributed by atoms with E-state index in [1.54, 1.807) is 12.1 Å². The van der Waals surface area contributed by atoms with Crippen LogP contribution in [-0.4, -0.2) is 24.7 Å². The fourth-order valence-corrected chi connectivity index (χ4v) is 2.50. The molecule has 6 heteroatoms. The second-order valence-electron chi connectivity index (χ2n) is 4.38. The molecule has 1 unspecified atom stereocenters. The minimum atomic E-state index is -0.345. The van der Waals surface area contributed by atoms with E-state index in [1.165, 1.54) is 0 Å². The molecule has 0 radical (unpaired) electrons. The average molecular weight is 362 g/mol. The summed E-state index contributed by atoms with van der Waals surface area (Å²) in [5.41, 5.74) is 0.726. The summed E-state index contributed by atoms with van der Waals surface area (Å²) in [6.07, 6.45) is 2.19. The molecule has 0 saturated carbocycles. The molecule has 0 aliphatic carbocycles. The Balaban J connectivity index is 2.01. The summed E-state index contributed by atoms with van der Waals surface area (Å²) in [5, 5.41) is 14.1. The first kappa shape index (κ1) is 13.5. The van der Waals surface area contributed by atoms with Crippen molar-refractivity contribution >= 4 is 34.0 Å². The quantitative estimate of drug-likeness (QED) is 0.508. The van der Waals surface area contributed by atoms with Crippen LogP contribution in [0.3, 0.4) is 0 Å². The van der Waals surface area contributed by atoms with Gasteiger partial charge < -0.3 is 10.1 Å². The fourth-order valence-electron chi connectivity index (χ4n) is 2.03. The second kappa shape index (κ2) is 6.33. The summed E-state index contributed by atoms with van der Waals surface area (Å²) in [7, 11) is 0. The van der Waals surface area contributed by atoms with Crippen molar-refractivity contribution in [2.24, 2.45) is 5.92 Å². The maximum absolute atomic E-state index is 11.0. The van der Waals surface area contributed by atoms with Crippen LogP contribution in [0.4, 0.5) is 11.4 Å². The summed E-state index contributed by atoms with van der Waals surface area (Å²) in [6.45, 7) is 2.30. The normalized spacial score (nSPS) is 19.5. The molecular weight excluding hydrogens is 347 g/mol. The molecule has 5 nitrogen and oxygen atoms in total. The highest BCUT2D eigenvalue weighted by atomic mass is 127. The number of halogens is 1. The van der Waals surface area contributed by atoms with E-state index >= 15 is 0 Å². The highest BCUT2D eigenvalue weighted by molar-refractivity contribution is 14.1. The van der Waals surface area contributed by atoms with Crippen molar-refractivity contribution in [3.05, 3.63) is 31.9 Å². The zero-order valence-corrected chi connectivity index (χ0v) is 12.1. The lowest BCUT2D eigenvalue weighted by Gasteiger charge is -2.22. The van der Waals surface area contributed by atoms with E-state index in [0.29, 0.717) is 11.6 Å². The van der Waals surface area contributed by atoms with Gasteiger partial charge in [0.15, 0.2) is 0 Å². The van der Waals surface area contributed by atoms with Gasteiger partial charge in [0.2, 0.25) is 0 Å². The van der Waals surface area contributed by atoms with Gasteiger partial charge in [-0.15, -0.1) is 0 Å². The lowest BCUT2D eigenvalue weighted by molar-refractivity contribution is -0.384. The Kier molecular flexibility index (Phi) is 4.76. The van der Waals surface area contributed by atoms with E-state index in [9.17, 15) is 10.1 Å². The van der Waals surface area contributed by atoms with Gasteiger partial charge in [-0.05, 0) is 53.5 Å². The van der Waals surface area contributed by atoms with Crippen LogP contribution in [0.2, 0.25) is 0 Å². The number of ether oxygens (including phenoxy) is 1. The molecule has 1 aliphatic rings. The molecule has 2 rings (SSSR count). The summed E-state index contributed by atoms with van der Waals surface area (Å²) < 4.78 is 6.26. The molecule has 0 aromatic heterocycles. The van der Waals surface area contributed by atoms with Crippen LogP contribution in [0.15, 0.2) is 18.2 Å². The van der Waals surface area contributed by atoms with Gasteiger partial charge in [0, 0.05) is 22.8 Å². The molecule has 1 saturated heterocycles. The first-order valence-electron chi connectivity index (χ1n) is 5.92. The molecule has 0 bridgehead atoms. The van der Waals surface area contributed by atoms with E-state index in [4.69, 9.17) is 4.74 Å². The van der Waals surface area contributed by atoms with Crippen molar-refractivity contribution in [3.63, 3.8) is 0 Å². The van der Waals surface area contributed by atoms with Gasteiger partial charge in [0.25, 0.3) is 5.69 Å². The molecule has 1 aromatic carbocycles. The lowest BCUT2D eigenvalue weighted by Crippen LogP contribution is -2.24. The van der Waals surface area contributed by atoms with Crippen molar-refractivity contribution < 1.29 is 9.66 Å². The van der Waals surface area contributed by atoms with Crippen LogP contribution >= 0.6 is 22.6 Å². The number of nitro benzene ring substituents is 1. The summed E-state index contributed by atoms with van der Waals surface area (Å²) in [6, 6.07) is 5.22. The highest BCUT2D eigenvalue weighted by Gasteiger charge is 2.17. The molecule has 1 N–H and O–H groups in total. The van der Waals surface area contributed by atoms with Crippen molar-refractivity contribution in [2.75, 3.05) is 25.1 Å². The van der Waals surface area contributed by atoms with Crippen LogP contribution in [0.25, 0.3) is 0 Å². The predicted molar refractivity (Wildman–Crippen MR) is 77.8 cm³/mol. The number of benzene rings is 1. The highest BCUT2D eigenvalue weighted by Crippen LogP contribution is 2.27. The SMILES string of the molecule is O=[N+]([O-])c1cc(I)ccc1NCC1CCCOC1. The summed E-state index contributed by atoms with van der Waals surface area (Å²) >= 11 is 2.07. The number of nitrogens with one attached hydrogen (secondary N) is 1. The largest absolute Gasteiger partial charge is 0.381 e. The standard InChI is InChI=1S/C12H15IN2O3/c13-10-3-4-11(12(6-10)15(16)17)14-7-9-2-1-5-18-8-9/h3-4,6,9,14H,1-2,5,7-8H2. The van der Waals surface area contributed by atoms with E-state index in [1.807, 2.05) is 6.07 Å². The van der Waals surface area contributed by atoms with Crippen LogP contribution in [0, 0.1) is 19.6 Å². The average Bonchev–Trinajstić information content (AvgIpc) is 2.38. The third-order valence-electron chi connectivity index (χ3n) is 2.99. The first-order valence-corrected chi connectivity index (χ1v) is 7.00. The van der Waals surface area contributed by atoms with E-state index in [-0.39, 0.29) is 10.6 Å². The van der Waals surface area contributed by atoms with Gasteiger partial charge in [-0.2, -0.15) is 0 Å². The Labute approximate surface area is 119 Å². The molecule has 0 amide bonds. The first-order chi connectivity index (χ1) is 8.66. The zero-order chi connectivity index (χ0) is 13.0. The van der Waals surface area contributed by atoms with Gasteiger partial charge in [-0.1, -0.05) is 0 Å². The van der Waals surface area contributed by atoms with Crippen molar-refractivity contribution in [3.8, 4) is 0 Å². The molecular formula is C12H15IN2O3. The Morgan fingerprint density at radius 2 is 2.39 bits per heavy atom. The van der Waals surface area contributed by atoms with Crippen molar-refractivity contribution in [1.82, 2.24) is 0 Å². The maximum Gasteiger partial charge on any atom is 0.293 e. The number of nitro groups is 1. The van der Waals surface area contributed by atoms with Crippen LogP contribution < -0.4 is 5.32 Å². The molecule has 1 atom stereocenters.